The molecule has 0 bridgehead atoms. The quantitative estimate of drug-likeness (QED) is 0.920. The van der Waals surface area contributed by atoms with E-state index in [1.165, 1.54) is 12.1 Å². The topological polar surface area (TPSA) is 59.1 Å². The van der Waals surface area contributed by atoms with E-state index in [0.717, 1.165) is 24.1 Å². The first-order valence-corrected chi connectivity index (χ1v) is 7.69. The molecule has 1 heterocycles. The lowest BCUT2D eigenvalue weighted by molar-refractivity contribution is 0.579. The summed E-state index contributed by atoms with van der Waals surface area (Å²) in [5, 5.41) is 0. The molecule has 0 aliphatic rings. The maximum Gasteiger partial charge on any atom is 0.240 e. The van der Waals surface area contributed by atoms with Gasteiger partial charge in [-0.2, -0.15) is 0 Å². The lowest BCUT2D eigenvalue weighted by Crippen LogP contribution is -2.24. The van der Waals surface area contributed by atoms with Gasteiger partial charge in [0.2, 0.25) is 10.0 Å². The van der Waals surface area contributed by atoms with Gasteiger partial charge in [-0.15, -0.1) is 0 Å². The molecule has 0 spiro atoms. The molecule has 1 N–H and O–H groups in total. The monoisotopic (exact) mass is 294 g/mol. The number of halogens is 1. The van der Waals surface area contributed by atoms with Gasteiger partial charge in [-0.25, -0.2) is 17.5 Å². The molecule has 0 aliphatic carbocycles. The molecule has 0 amide bonds. The molecular weight excluding hydrogens is 279 g/mol. The molecule has 1 aromatic heterocycles. The number of nitrogens with one attached hydrogen (secondary N) is 1. The van der Waals surface area contributed by atoms with Gasteiger partial charge in [-0.05, 0) is 42.3 Å². The van der Waals surface area contributed by atoms with Crippen LogP contribution in [0.25, 0.3) is 0 Å². The van der Waals surface area contributed by atoms with Gasteiger partial charge in [0.1, 0.15) is 5.82 Å². The second-order valence-corrected chi connectivity index (χ2v) is 6.01. The van der Waals surface area contributed by atoms with Crippen molar-refractivity contribution in [3.63, 3.8) is 0 Å². The molecule has 2 rings (SSSR count). The van der Waals surface area contributed by atoms with Crippen LogP contribution in [-0.2, 0) is 23.0 Å². The average Bonchev–Trinajstić information content (AvgIpc) is 2.46. The van der Waals surface area contributed by atoms with E-state index in [-0.39, 0.29) is 11.4 Å². The van der Waals surface area contributed by atoms with E-state index in [1.807, 2.05) is 19.1 Å². The van der Waals surface area contributed by atoms with E-state index >= 15 is 0 Å². The number of rotatable bonds is 5. The first-order valence-electron chi connectivity index (χ1n) is 6.21. The Labute approximate surface area is 117 Å². The van der Waals surface area contributed by atoms with Crippen LogP contribution in [0.2, 0.25) is 0 Å². The smallest absolute Gasteiger partial charge is 0.240 e. The lowest BCUT2D eigenvalue weighted by atomic mass is 10.1. The lowest BCUT2D eigenvalue weighted by Gasteiger charge is -2.09. The maximum atomic E-state index is 12.8. The largest absolute Gasteiger partial charge is 0.260 e. The number of pyridine rings is 1. The van der Waals surface area contributed by atoms with Crippen LogP contribution >= 0.6 is 0 Å². The Hall–Kier alpha value is -1.79. The predicted molar refractivity (Wildman–Crippen MR) is 74.0 cm³/mol. The van der Waals surface area contributed by atoms with Gasteiger partial charge in [0.25, 0.3) is 0 Å². The summed E-state index contributed by atoms with van der Waals surface area (Å²) in [6.07, 6.45) is 2.40. The van der Waals surface area contributed by atoms with Gasteiger partial charge in [0.05, 0.1) is 17.1 Å². The van der Waals surface area contributed by atoms with Crippen LogP contribution in [0, 0.1) is 5.82 Å². The number of benzene rings is 1. The Kier molecular flexibility index (Phi) is 4.46. The Balaban J connectivity index is 2.15. The molecule has 0 fully saturated rings. The van der Waals surface area contributed by atoms with Crippen molar-refractivity contribution in [2.24, 2.45) is 0 Å². The highest BCUT2D eigenvalue weighted by Crippen LogP contribution is 2.11. The maximum absolute atomic E-state index is 12.8. The molecule has 20 heavy (non-hydrogen) atoms. The highest BCUT2D eigenvalue weighted by molar-refractivity contribution is 7.89. The zero-order valence-electron chi connectivity index (χ0n) is 11.0. The molecule has 4 nitrogen and oxygen atoms in total. The number of sulfonamides is 1. The Morgan fingerprint density at radius 3 is 2.55 bits per heavy atom. The zero-order chi connectivity index (χ0) is 14.6. The highest BCUT2D eigenvalue weighted by atomic mass is 32.2. The Bertz CT molecular complexity index is 685. The minimum atomic E-state index is -3.66. The van der Waals surface area contributed by atoms with Gasteiger partial charge in [0, 0.05) is 6.20 Å². The van der Waals surface area contributed by atoms with Crippen molar-refractivity contribution in [2.75, 3.05) is 0 Å². The summed E-state index contributed by atoms with van der Waals surface area (Å²) in [5.74, 6) is -0.470. The fraction of sp³-hybridized carbons (Fsp3) is 0.214. The summed E-state index contributed by atoms with van der Waals surface area (Å²) >= 11 is 0. The number of hydrogen-bond acceptors (Lipinski definition) is 3. The molecule has 0 radical (unpaired) electrons. The van der Waals surface area contributed by atoms with Gasteiger partial charge in [0.15, 0.2) is 0 Å². The van der Waals surface area contributed by atoms with Crippen molar-refractivity contribution < 1.29 is 12.8 Å². The van der Waals surface area contributed by atoms with E-state index in [0.29, 0.717) is 5.69 Å². The van der Waals surface area contributed by atoms with Gasteiger partial charge in [-0.1, -0.05) is 13.0 Å². The van der Waals surface area contributed by atoms with Crippen molar-refractivity contribution >= 4 is 10.0 Å². The summed E-state index contributed by atoms with van der Waals surface area (Å²) in [6, 6.07) is 8.43. The van der Waals surface area contributed by atoms with Crippen LogP contribution in [0.3, 0.4) is 0 Å². The van der Waals surface area contributed by atoms with Crippen LogP contribution in [0.15, 0.2) is 47.5 Å². The number of aryl methyl sites for hydroxylation is 1. The highest BCUT2D eigenvalue weighted by Gasteiger charge is 2.14. The van der Waals surface area contributed by atoms with Crippen LogP contribution in [-0.4, -0.2) is 13.4 Å². The second kappa shape index (κ2) is 6.11. The molecule has 1 aromatic carbocycles. The molecule has 0 saturated carbocycles. The number of hydrogen-bond donors (Lipinski definition) is 1. The van der Waals surface area contributed by atoms with E-state index < -0.39 is 15.8 Å². The van der Waals surface area contributed by atoms with E-state index in [9.17, 15) is 12.8 Å². The minimum Gasteiger partial charge on any atom is -0.260 e. The molecule has 2 aromatic rings. The number of nitrogens with zero attached hydrogens (tertiary/aromatic N) is 1. The van der Waals surface area contributed by atoms with Gasteiger partial charge >= 0.3 is 0 Å². The van der Waals surface area contributed by atoms with Crippen LogP contribution in [0.1, 0.15) is 18.2 Å². The summed E-state index contributed by atoms with van der Waals surface area (Å²) < 4.78 is 39.4. The van der Waals surface area contributed by atoms with Crippen molar-refractivity contribution in [2.45, 2.75) is 24.8 Å². The summed E-state index contributed by atoms with van der Waals surface area (Å²) in [7, 11) is -3.66. The fourth-order valence-electron chi connectivity index (χ4n) is 1.81. The van der Waals surface area contributed by atoms with Crippen molar-refractivity contribution in [1.29, 1.82) is 0 Å². The molecule has 0 unspecified atom stereocenters. The van der Waals surface area contributed by atoms with Crippen LogP contribution in [0.5, 0.6) is 0 Å². The molecule has 106 valence electrons. The Morgan fingerprint density at radius 1 is 1.20 bits per heavy atom. The first kappa shape index (κ1) is 14.6. The third-order valence-electron chi connectivity index (χ3n) is 2.92. The summed E-state index contributed by atoms with van der Waals surface area (Å²) in [6.45, 7) is 2.10. The van der Waals surface area contributed by atoms with E-state index in [4.69, 9.17) is 0 Å². The zero-order valence-corrected chi connectivity index (χ0v) is 11.8. The molecule has 0 atom stereocenters. The third-order valence-corrected chi connectivity index (χ3v) is 4.34. The normalized spacial score (nSPS) is 11.5. The minimum absolute atomic E-state index is 0.0351. The number of aromatic nitrogens is 1. The molecule has 6 heteroatoms. The molecular formula is C14H15FN2O2S. The van der Waals surface area contributed by atoms with E-state index in [2.05, 4.69) is 9.71 Å². The van der Waals surface area contributed by atoms with Crippen molar-refractivity contribution in [3.05, 3.63) is 59.7 Å². The summed E-state index contributed by atoms with van der Waals surface area (Å²) in [4.78, 5) is 4.21. The molecule has 0 saturated heterocycles. The summed E-state index contributed by atoms with van der Waals surface area (Å²) in [5.41, 5.74) is 1.69. The van der Waals surface area contributed by atoms with E-state index in [1.54, 1.807) is 6.20 Å². The predicted octanol–water partition coefficient (Wildman–Crippen LogP) is 2.26. The standard InChI is InChI=1S/C14H15FN2O2S/c1-2-11-4-3-9-16-14(11)10-17-20(18,19)13-7-5-12(15)6-8-13/h3-9,17H,2,10H2,1H3. The first-order chi connectivity index (χ1) is 9.53. The van der Waals surface area contributed by atoms with Crippen molar-refractivity contribution in [3.8, 4) is 0 Å². The van der Waals surface area contributed by atoms with Crippen molar-refractivity contribution in [1.82, 2.24) is 9.71 Å². The van der Waals surface area contributed by atoms with Crippen LogP contribution in [0.4, 0.5) is 4.39 Å². The molecule has 0 aliphatic heterocycles. The third kappa shape index (κ3) is 3.40. The average molecular weight is 294 g/mol. The SMILES string of the molecule is CCc1cccnc1CNS(=O)(=O)c1ccc(F)cc1. The second-order valence-electron chi connectivity index (χ2n) is 4.24. The van der Waals surface area contributed by atoms with Gasteiger partial charge in [-0.3, -0.25) is 4.98 Å². The Morgan fingerprint density at radius 2 is 1.90 bits per heavy atom. The fourth-order valence-corrected chi connectivity index (χ4v) is 2.80. The van der Waals surface area contributed by atoms with Crippen LogP contribution < -0.4 is 4.72 Å². The van der Waals surface area contributed by atoms with Gasteiger partial charge < -0.3 is 0 Å².